The minimum absolute atomic E-state index is 0.319. The van der Waals surface area contributed by atoms with E-state index in [1.54, 1.807) is 13.1 Å². The number of benzene rings is 3. The molecule has 166 valence electrons. The Morgan fingerprint density at radius 3 is 1.88 bits per heavy atom. The lowest BCUT2D eigenvalue weighted by Gasteiger charge is -2.29. The van der Waals surface area contributed by atoms with Crippen molar-refractivity contribution in [2.75, 3.05) is 27.7 Å². The van der Waals surface area contributed by atoms with Gasteiger partial charge in [-0.25, -0.2) is 8.42 Å². The van der Waals surface area contributed by atoms with Crippen LogP contribution in [0.2, 0.25) is 0 Å². The summed E-state index contributed by atoms with van der Waals surface area (Å²) < 4.78 is 31.5. The summed E-state index contributed by atoms with van der Waals surface area (Å²) in [5.74, 6) is 0. The predicted molar refractivity (Wildman–Crippen MR) is 130 cm³/mol. The van der Waals surface area contributed by atoms with Gasteiger partial charge < -0.3 is 9.47 Å². The molecule has 0 fully saturated rings. The van der Waals surface area contributed by atoms with Gasteiger partial charge in [0.25, 0.3) is 10.0 Å². The van der Waals surface area contributed by atoms with E-state index >= 15 is 0 Å². The molecule has 1 heterocycles. The van der Waals surface area contributed by atoms with Gasteiger partial charge >= 0.3 is 0 Å². The minimum atomic E-state index is -3.80. The summed E-state index contributed by atoms with van der Waals surface area (Å²) >= 11 is 0. The third kappa shape index (κ3) is 4.35. The number of para-hydroxylation sites is 1. The number of likely N-dealkylation sites (N-methyl/N-ethyl adjacent to an activating group) is 1. The van der Waals surface area contributed by atoms with E-state index in [4.69, 9.17) is 0 Å². The molecular formula is C26H29N3O2S. The molecule has 0 saturated heterocycles. The first-order valence-corrected chi connectivity index (χ1v) is 12.1. The Hall–Kier alpha value is -2.93. The van der Waals surface area contributed by atoms with Gasteiger partial charge in [-0.1, -0.05) is 78.9 Å². The first-order chi connectivity index (χ1) is 15.4. The van der Waals surface area contributed by atoms with Crippen molar-refractivity contribution < 1.29 is 8.42 Å². The third-order valence-corrected chi connectivity index (χ3v) is 7.62. The zero-order chi connectivity index (χ0) is 22.7. The summed E-state index contributed by atoms with van der Waals surface area (Å²) in [4.78, 5) is 2.06. The van der Waals surface area contributed by atoms with Crippen LogP contribution in [0, 0.1) is 0 Å². The van der Waals surface area contributed by atoms with Crippen LogP contribution in [0.1, 0.15) is 17.2 Å². The lowest BCUT2D eigenvalue weighted by molar-refractivity contribution is 0.374. The molecule has 0 radical (unpaired) electrons. The van der Waals surface area contributed by atoms with Gasteiger partial charge in [0.2, 0.25) is 0 Å². The van der Waals surface area contributed by atoms with Gasteiger partial charge in [-0.3, -0.25) is 0 Å². The van der Waals surface area contributed by atoms with E-state index in [2.05, 4.69) is 4.90 Å². The largest absolute Gasteiger partial charge is 0.329 e. The molecule has 6 heteroatoms. The second-order valence-electron chi connectivity index (χ2n) is 8.24. The fourth-order valence-electron chi connectivity index (χ4n) is 4.10. The molecule has 0 saturated carbocycles. The van der Waals surface area contributed by atoms with Crippen molar-refractivity contribution in [3.05, 3.63) is 102 Å². The second kappa shape index (κ2) is 9.28. The van der Waals surface area contributed by atoms with Crippen molar-refractivity contribution in [1.82, 2.24) is 13.8 Å². The molecule has 4 aromatic rings. The molecule has 3 aromatic carbocycles. The smallest absolute Gasteiger partial charge is 0.259 e. The Balaban J connectivity index is 1.84. The fraction of sp³-hybridized carbons (Fsp3) is 0.231. The topological polar surface area (TPSA) is 45.6 Å². The van der Waals surface area contributed by atoms with Crippen LogP contribution in [0.3, 0.4) is 0 Å². The quantitative estimate of drug-likeness (QED) is 0.396. The molecule has 1 aromatic heterocycles. The number of sulfonamides is 1. The van der Waals surface area contributed by atoms with Crippen LogP contribution in [0.5, 0.6) is 0 Å². The molecular weight excluding hydrogens is 418 g/mol. The number of aromatic nitrogens is 1. The maximum Gasteiger partial charge on any atom is 0.259 e. The van der Waals surface area contributed by atoms with E-state index in [0.717, 1.165) is 28.6 Å². The summed E-state index contributed by atoms with van der Waals surface area (Å²) in [6, 6.07) is 28.8. The lowest BCUT2D eigenvalue weighted by Crippen LogP contribution is -2.34. The van der Waals surface area contributed by atoms with E-state index in [-0.39, 0.29) is 0 Å². The fourth-order valence-corrected chi connectivity index (χ4v) is 5.66. The average Bonchev–Trinajstić information content (AvgIpc) is 3.19. The summed E-state index contributed by atoms with van der Waals surface area (Å²) in [6.45, 7) is 1.33. The maximum atomic E-state index is 14.0. The second-order valence-corrected chi connectivity index (χ2v) is 10.2. The predicted octanol–water partition coefficient (Wildman–Crippen LogP) is 4.61. The van der Waals surface area contributed by atoms with Crippen molar-refractivity contribution >= 4 is 20.9 Å². The molecule has 0 aliphatic carbocycles. The molecule has 0 N–H and O–H groups in total. The Labute approximate surface area is 190 Å². The van der Waals surface area contributed by atoms with Gasteiger partial charge in [-0.05, 0) is 37.4 Å². The zero-order valence-corrected chi connectivity index (χ0v) is 19.5. The van der Waals surface area contributed by atoms with Crippen LogP contribution >= 0.6 is 0 Å². The molecule has 0 aliphatic rings. The highest BCUT2D eigenvalue weighted by atomic mass is 32.2. The molecule has 0 spiro atoms. The summed E-state index contributed by atoms with van der Waals surface area (Å²) in [7, 11) is 1.86. The standard InChI is InChI=1S/C26H29N3O2S/c1-27(2)18-19-29-24-17-11-10-16-23(24)20-25(29)32(30,31)28(3)26(21-12-6-4-7-13-21)22-14-8-5-9-15-22/h4-17,20,26H,18-19H2,1-3H3. The van der Waals surface area contributed by atoms with Crippen LogP contribution in [-0.4, -0.2) is 49.9 Å². The number of nitrogens with zero attached hydrogens (tertiary/aromatic N) is 3. The van der Waals surface area contributed by atoms with Crippen molar-refractivity contribution in [2.24, 2.45) is 0 Å². The van der Waals surface area contributed by atoms with E-state index < -0.39 is 16.1 Å². The summed E-state index contributed by atoms with van der Waals surface area (Å²) in [6.07, 6.45) is 0. The molecule has 0 unspecified atom stereocenters. The first-order valence-electron chi connectivity index (χ1n) is 10.7. The Kier molecular flexibility index (Phi) is 6.46. The Morgan fingerprint density at radius 2 is 1.31 bits per heavy atom. The summed E-state index contributed by atoms with van der Waals surface area (Å²) in [5.41, 5.74) is 2.79. The van der Waals surface area contributed by atoms with Crippen LogP contribution in [0.4, 0.5) is 0 Å². The summed E-state index contributed by atoms with van der Waals surface area (Å²) in [5, 5.41) is 1.24. The van der Waals surface area contributed by atoms with E-state index in [1.165, 1.54) is 4.31 Å². The molecule has 4 rings (SSSR count). The van der Waals surface area contributed by atoms with Gasteiger partial charge in [0.1, 0.15) is 0 Å². The van der Waals surface area contributed by atoms with Crippen LogP contribution in [0.25, 0.3) is 10.9 Å². The van der Waals surface area contributed by atoms with Gasteiger partial charge in [-0.2, -0.15) is 4.31 Å². The number of rotatable bonds is 8. The van der Waals surface area contributed by atoms with Crippen molar-refractivity contribution in [1.29, 1.82) is 0 Å². The number of hydrogen-bond donors (Lipinski definition) is 0. The van der Waals surface area contributed by atoms with Crippen molar-refractivity contribution in [2.45, 2.75) is 17.6 Å². The average molecular weight is 448 g/mol. The number of fused-ring (bicyclic) bond motifs is 1. The zero-order valence-electron chi connectivity index (χ0n) is 18.7. The highest BCUT2D eigenvalue weighted by Gasteiger charge is 2.33. The van der Waals surface area contributed by atoms with Gasteiger partial charge in [0.15, 0.2) is 5.03 Å². The molecule has 32 heavy (non-hydrogen) atoms. The van der Waals surface area contributed by atoms with E-state index in [9.17, 15) is 8.42 Å². The van der Waals surface area contributed by atoms with Crippen molar-refractivity contribution in [3.8, 4) is 0 Å². The molecule has 0 amide bonds. The Morgan fingerprint density at radius 1 is 0.781 bits per heavy atom. The van der Waals surface area contributed by atoms with Crippen LogP contribution in [0.15, 0.2) is 96.0 Å². The van der Waals surface area contributed by atoms with E-state index in [1.807, 2.05) is 104 Å². The normalized spacial score (nSPS) is 12.3. The maximum absolute atomic E-state index is 14.0. The molecule has 0 aliphatic heterocycles. The van der Waals surface area contributed by atoms with E-state index in [0.29, 0.717) is 11.6 Å². The SMILES string of the molecule is CN(C)CCn1c(S(=O)(=O)N(C)C(c2ccccc2)c2ccccc2)cc2ccccc21. The van der Waals surface area contributed by atoms with Gasteiger partial charge in [0.05, 0.1) is 6.04 Å². The highest BCUT2D eigenvalue weighted by molar-refractivity contribution is 7.89. The lowest BCUT2D eigenvalue weighted by atomic mass is 9.99. The molecule has 5 nitrogen and oxygen atoms in total. The Bertz CT molecular complexity index is 1240. The van der Waals surface area contributed by atoms with Crippen LogP contribution in [-0.2, 0) is 16.6 Å². The monoisotopic (exact) mass is 447 g/mol. The molecule has 0 atom stereocenters. The first kappa shape index (κ1) is 22.3. The third-order valence-electron chi connectivity index (χ3n) is 5.78. The van der Waals surface area contributed by atoms with Crippen molar-refractivity contribution in [3.63, 3.8) is 0 Å². The number of hydrogen-bond acceptors (Lipinski definition) is 3. The highest BCUT2D eigenvalue weighted by Crippen LogP contribution is 2.34. The van der Waals surface area contributed by atoms with Gasteiger partial charge in [0, 0.05) is 31.0 Å². The van der Waals surface area contributed by atoms with Crippen LogP contribution < -0.4 is 0 Å². The van der Waals surface area contributed by atoms with Gasteiger partial charge in [-0.15, -0.1) is 0 Å². The minimum Gasteiger partial charge on any atom is -0.329 e. The molecule has 0 bridgehead atoms.